The molecule has 2 aliphatic heterocycles. The fourth-order valence-electron chi connectivity index (χ4n) is 4.92. The Balaban J connectivity index is 1.56. The second kappa shape index (κ2) is 11.4. The van der Waals surface area contributed by atoms with E-state index in [2.05, 4.69) is 9.72 Å². The summed E-state index contributed by atoms with van der Waals surface area (Å²) in [7, 11) is 0. The first-order valence-electron chi connectivity index (χ1n) is 12.6. The molecule has 0 spiro atoms. The van der Waals surface area contributed by atoms with Gasteiger partial charge in [-0.05, 0) is 48.2 Å². The van der Waals surface area contributed by atoms with Crippen LogP contribution in [0.1, 0.15) is 35.7 Å². The van der Waals surface area contributed by atoms with Crippen molar-refractivity contribution in [1.82, 2.24) is 9.88 Å². The van der Waals surface area contributed by atoms with E-state index in [0.717, 1.165) is 17.7 Å². The molecule has 0 radical (unpaired) electrons. The van der Waals surface area contributed by atoms with Gasteiger partial charge in [-0.3, -0.25) is 9.59 Å². The number of benzene rings is 2. The maximum absolute atomic E-state index is 13.4. The van der Waals surface area contributed by atoms with Crippen LogP contribution in [0, 0.1) is 0 Å². The molecule has 0 unspecified atom stereocenters. The van der Waals surface area contributed by atoms with Gasteiger partial charge in [0.2, 0.25) is 0 Å². The van der Waals surface area contributed by atoms with E-state index in [1.54, 1.807) is 12.1 Å². The highest BCUT2D eigenvalue weighted by atomic mass is 19.4. The average molecular weight is 555 g/mol. The van der Waals surface area contributed by atoms with E-state index >= 15 is 0 Å². The van der Waals surface area contributed by atoms with Crippen molar-refractivity contribution in [2.75, 3.05) is 13.2 Å². The summed E-state index contributed by atoms with van der Waals surface area (Å²) in [5.74, 6) is -2.56. The van der Waals surface area contributed by atoms with Crippen LogP contribution in [0.15, 0.2) is 78.5 Å². The van der Waals surface area contributed by atoms with E-state index in [0.29, 0.717) is 31.6 Å². The Hall–Kier alpha value is -4.38. The summed E-state index contributed by atoms with van der Waals surface area (Å²) < 4.78 is 53.5. The first-order valence-corrected chi connectivity index (χ1v) is 12.6. The highest BCUT2D eigenvalue weighted by molar-refractivity contribution is 6.46. The van der Waals surface area contributed by atoms with Crippen LogP contribution in [-0.4, -0.2) is 52.3 Å². The lowest BCUT2D eigenvalue weighted by Gasteiger charge is -2.35. The number of alkyl halides is 3. The van der Waals surface area contributed by atoms with Gasteiger partial charge in [0, 0.05) is 25.5 Å². The molecule has 1 amide bonds. The number of hydrogen-bond acceptors (Lipinski definition) is 7. The van der Waals surface area contributed by atoms with Crippen LogP contribution in [0.3, 0.4) is 0 Å². The summed E-state index contributed by atoms with van der Waals surface area (Å²) in [5, 5.41) is 11.5. The molecule has 0 saturated carbocycles. The zero-order valence-corrected chi connectivity index (χ0v) is 21.1. The molecule has 0 bridgehead atoms. The first kappa shape index (κ1) is 27.2. The fourth-order valence-corrected chi connectivity index (χ4v) is 4.92. The Morgan fingerprint density at radius 1 is 1.00 bits per heavy atom. The zero-order valence-electron chi connectivity index (χ0n) is 21.1. The number of carbonyl (C=O) groups is 2. The molecule has 11 heteroatoms. The predicted molar refractivity (Wildman–Crippen MR) is 136 cm³/mol. The number of pyridine rings is 1. The third kappa shape index (κ3) is 5.79. The van der Waals surface area contributed by atoms with Crippen LogP contribution in [0.25, 0.3) is 5.76 Å². The molecule has 1 N–H and O–H groups in total. The molecule has 1 aromatic heterocycles. The highest BCUT2D eigenvalue weighted by Gasteiger charge is 2.49. The predicted octanol–water partition coefficient (Wildman–Crippen LogP) is 5.16. The Morgan fingerprint density at radius 2 is 1.70 bits per heavy atom. The Labute approximate surface area is 227 Å². The van der Waals surface area contributed by atoms with Crippen LogP contribution in [0.4, 0.5) is 13.2 Å². The minimum Gasteiger partial charge on any atom is -0.505 e. The number of amides is 1. The Kier molecular flexibility index (Phi) is 7.74. The van der Waals surface area contributed by atoms with Crippen molar-refractivity contribution in [3.05, 3.63) is 95.3 Å². The maximum Gasteiger partial charge on any atom is 0.573 e. The van der Waals surface area contributed by atoms with Crippen LogP contribution < -0.4 is 9.47 Å². The van der Waals surface area contributed by atoms with Crippen molar-refractivity contribution >= 4 is 17.4 Å². The molecule has 1 atom stereocenters. The van der Waals surface area contributed by atoms with Crippen LogP contribution in [0.5, 0.6) is 11.5 Å². The molecule has 2 saturated heterocycles. The van der Waals surface area contributed by atoms with Gasteiger partial charge in [0.1, 0.15) is 23.8 Å². The monoisotopic (exact) mass is 554 g/mol. The average Bonchev–Trinajstić information content (AvgIpc) is 3.22. The molecule has 3 heterocycles. The van der Waals surface area contributed by atoms with Crippen molar-refractivity contribution < 1.29 is 42.1 Å². The van der Waals surface area contributed by atoms with Gasteiger partial charge in [-0.25, -0.2) is 4.98 Å². The molecular weight excluding hydrogens is 529 g/mol. The Morgan fingerprint density at radius 3 is 2.38 bits per heavy atom. The van der Waals surface area contributed by atoms with Gasteiger partial charge < -0.3 is 24.2 Å². The van der Waals surface area contributed by atoms with E-state index < -0.39 is 35.6 Å². The van der Waals surface area contributed by atoms with E-state index in [1.165, 1.54) is 23.2 Å². The van der Waals surface area contributed by atoms with Crippen molar-refractivity contribution in [3.63, 3.8) is 0 Å². The van der Waals surface area contributed by atoms with Crippen LogP contribution in [0.2, 0.25) is 0 Å². The van der Waals surface area contributed by atoms with E-state index in [1.807, 2.05) is 30.3 Å². The van der Waals surface area contributed by atoms with Gasteiger partial charge in [-0.15, -0.1) is 13.2 Å². The van der Waals surface area contributed by atoms with Crippen molar-refractivity contribution in [2.45, 2.75) is 37.9 Å². The number of hydrogen-bond donors (Lipinski definition) is 1. The molecule has 3 aromatic rings. The van der Waals surface area contributed by atoms with Crippen molar-refractivity contribution in [1.29, 1.82) is 0 Å². The van der Waals surface area contributed by atoms with Crippen LogP contribution >= 0.6 is 0 Å². The SMILES string of the molecule is O=C1C(=O)N(C2CCOCC2)[C@H](c2ccc(OC(F)(F)F)cc2)C1=C(O)c1ncccc1OCc1ccccc1. The van der Waals surface area contributed by atoms with Crippen LogP contribution in [-0.2, 0) is 20.9 Å². The smallest absolute Gasteiger partial charge is 0.505 e. The topological polar surface area (TPSA) is 98.2 Å². The lowest BCUT2D eigenvalue weighted by atomic mass is 9.94. The highest BCUT2D eigenvalue weighted by Crippen LogP contribution is 2.43. The summed E-state index contributed by atoms with van der Waals surface area (Å²) in [5.41, 5.74) is 0.917. The number of rotatable bonds is 7. The van der Waals surface area contributed by atoms with Gasteiger partial charge in [0.05, 0.1) is 11.6 Å². The van der Waals surface area contributed by atoms with Crippen molar-refractivity contribution in [2.24, 2.45) is 0 Å². The number of Topliss-reactive ketones (excluding diaryl/α,β-unsaturated/α-hetero) is 1. The minimum absolute atomic E-state index is 0.0366. The zero-order chi connectivity index (χ0) is 28.3. The maximum atomic E-state index is 13.4. The normalized spacial score (nSPS) is 19.6. The van der Waals surface area contributed by atoms with Gasteiger partial charge in [0.25, 0.3) is 11.7 Å². The quantitative estimate of drug-likeness (QED) is 0.245. The molecule has 5 rings (SSSR count). The van der Waals surface area contributed by atoms with Crippen molar-refractivity contribution in [3.8, 4) is 11.5 Å². The number of nitrogens with zero attached hydrogens (tertiary/aromatic N) is 2. The largest absolute Gasteiger partial charge is 0.573 e. The van der Waals surface area contributed by atoms with E-state index in [-0.39, 0.29) is 29.7 Å². The molecule has 0 aliphatic carbocycles. The standard InChI is InChI=1S/C29H25F3N2O6/c30-29(31,32)40-21-10-8-19(9-11-21)25-23(27(36)28(37)34(25)20-12-15-38-16-13-20)26(35)24-22(7-4-14-33-24)39-17-18-5-2-1-3-6-18/h1-11,14,20,25,35H,12-13,15-17H2/t25-/m1/s1. The summed E-state index contributed by atoms with van der Waals surface area (Å²) >= 11 is 0. The fraction of sp³-hybridized carbons (Fsp3) is 0.276. The number of aromatic nitrogens is 1. The number of carbonyl (C=O) groups excluding carboxylic acids is 2. The first-order chi connectivity index (χ1) is 19.2. The van der Waals surface area contributed by atoms with Gasteiger partial charge in [0.15, 0.2) is 5.76 Å². The number of halogens is 3. The lowest BCUT2D eigenvalue weighted by molar-refractivity contribution is -0.274. The van der Waals surface area contributed by atoms with Gasteiger partial charge in [-0.1, -0.05) is 42.5 Å². The summed E-state index contributed by atoms with van der Waals surface area (Å²) in [6, 6.07) is 15.9. The molecule has 2 fully saturated rings. The number of aliphatic hydroxyl groups is 1. The third-order valence-electron chi connectivity index (χ3n) is 6.73. The van der Waals surface area contributed by atoms with Gasteiger partial charge >= 0.3 is 6.36 Å². The summed E-state index contributed by atoms with van der Waals surface area (Å²) in [6.45, 7) is 0.903. The minimum atomic E-state index is -4.88. The molecule has 2 aliphatic rings. The van der Waals surface area contributed by atoms with E-state index in [9.17, 15) is 27.9 Å². The molecule has 2 aromatic carbocycles. The number of ketones is 1. The molecular formula is C29H25F3N2O6. The third-order valence-corrected chi connectivity index (χ3v) is 6.73. The summed E-state index contributed by atoms with van der Waals surface area (Å²) in [6.07, 6.45) is -2.56. The summed E-state index contributed by atoms with van der Waals surface area (Å²) in [4.78, 5) is 32.4. The lowest BCUT2D eigenvalue weighted by Crippen LogP contribution is -2.42. The Bertz CT molecular complexity index is 1400. The second-order valence-electron chi connectivity index (χ2n) is 9.29. The number of likely N-dealkylation sites (tertiary alicyclic amines) is 1. The number of aliphatic hydroxyl groups excluding tert-OH is 1. The molecule has 40 heavy (non-hydrogen) atoms. The second-order valence-corrected chi connectivity index (χ2v) is 9.29. The van der Waals surface area contributed by atoms with E-state index in [4.69, 9.17) is 9.47 Å². The van der Waals surface area contributed by atoms with Gasteiger partial charge in [-0.2, -0.15) is 0 Å². The molecule has 8 nitrogen and oxygen atoms in total. The number of ether oxygens (including phenoxy) is 3. The molecule has 208 valence electrons.